The zero-order valence-corrected chi connectivity index (χ0v) is 14.2. The Hall–Kier alpha value is -2.21. The number of aromatic nitrogens is 3. The van der Waals surface area contributed by atoms with Crippen LogP contribution in [0.2, 0.25) is 0 Å². The second-order valence-electron chi connectivity index (χ2n) is 6.75. The number of hydrogen-bond donors (Lipinski definition) is 1. The molecular formula is C18H24N4O2. The number of carboxylic acid groups (broad SMARTS) is 1. The minimum absolute atomic E-state index is 0.350. The lowest BCUT2D eigenvalue weighted by Gasteiger charge is -2.33. The third-order valence-electron chi connectivity index (χ3n) is 4.68. The number of benzene rings is 1. The molecule has 0 aliphatic carbocycles. The molecule has 0 radical (unpaired) electrons. The zero-order valence-electron chi connectivity index (χ0n) is 14.2. The number of hydrogen-bond acceptors (Lipinski definition) is 4. The lowest BCUT2D eigenvalue weighted by molar-refractivity contribution is 0.0696. The van der Waals surface area contributed by atoms with Crippen molar-refractivity contribution >= 4 is 5.97 Å². The lowest BCUT2D eigenvalue weighted by Crippen LogP contribution is -2.34. The number of rotatable bonds is 5. The molecule has 2 heterocycles. The summed E-state index contributed by atoms with van der Waals surface area (Å²) in [5.41, 5.74) is 1.48. The Kier molecular flexibility index (Phi) is 4.94. The fourth-order valence-corrected chi connectivity index (χ4v) is 3.41. The van der Waals surface area contributed by atoms with Crippen LogP contribution in [-0.4, -0.2) is 43.8 Å². The molecule has 0 unspecified atom stereocenters. The van der Waals surface area contributed by atoms with Crippen molar-refractivity contribution in [1.29, 1.82) is 0 Å². The van der Waals surface area contributed by atoms with Crippen LogP contribution in [0.3, 0.4) is 0 Å². The first kappa shape index (κ1) is 16.6. The van der Waals surface area contributed by atoms with Crippen molar-refractivity contribution in [2.45, 2.75) is 45.2 Å². The topological polar surface area (TPSA) is 71.2 Å². The molecule has 1 fully saturated rings. The number of nitrogens with zero attached hydrogens (tertiary/aromatic N) is 4. The molecule has 1 aromatic carbocycles. The minimum Gasteiger partial charge on any atom is -0.478 e. The second-order valence-corrected chi connectivity index (χ2v) is 6.75. The summed E-state index contributed by atoms with van der Waals surface area (Å²) in [5.74, 6) is 0.493. The van der Waals surface area contributed by atoms with E-state index in [0.717, 1.165) is 43.9 Å². The maximum atomic E-state index is 11.2. The summed E-state index contributed by atoms with van der Waals surface area (Å²) in [6.07, 6.45) is 3.99. The maximum Gasteiger partial charge on any atom is 0.335 e. The van der Waals surface area contributed by atoms with Crippen LogP contribution in [0.1, 0.15) is 60.4 Å². The van der Waals surface area contributed by atoms with Crippen molar-refractivity contribution in [3.05, 3.63) is 47.5 Å². The van der Waals surface area contributed by atoms with Gasteiger partial charge in [-0.25, -0.2) is 4.79 Å². The van der Waals surface area contributed by atoms with E-state index < -0.39 is 5.97 Å². The number of piperidine rings is 1. The Morgan fingerprint density at radius 3 is 3.00 bits per heavy atom. The van der Waals surface area contributed by atoms with Crippen LogP contribution in [0, 0.1) is 0 Å². The molecule has 128 valence electrons. The Bertz CT molecular complexity index is 711. The summed E-state index contributed by atoms with van der Waals surface area (Å²) < 4.78 is 2.11. The summed E-state index contributed by atoms with van der Waals surface area (Å²) in [4.78, 5) is 13.6. The maximum absolute atomic E-state index is 11.2. The van der Waals surface area contributed by atoms with Crippen LogP contribution < -0.4 is 0 Å². The molecule has 0 amide bonds. The van der Waals surface area contributed by atoms with E-state index in [0.29, 0.717) is 17.5 Å². The molecule has 6 nitrogen and oxygen atoms in total. The monoisotopic (exact) mass is 328 g/mol. The lowest BCUT2D eigenvalue weighted by atomic mass is 9.89. The molecule has 1 aliphatic rings. The normalized spacial score (nSPS) is 18.9. The second kappa shape index (κ2) is 7.13. The summed E-state index contributed by atoms with van der Waals surface area (Å²) in [6, 6.07) is 7.69. The Morgan fingerprint density at radius 1 is 1.42 bits per heavy atom. The molecule has 0 spiro atoms. The van der Waals surface area contributed by atoms with E-state index in [4.69, 9.17) is 0 Å². The highest BCUT2D eigenvalue weighted by Gasteiger charge is 2.23. The summed E-state index contributed by atoms with van der Waals surface area (Å²) in [7, 11) is 0. The van der Waals surface area contributed by atoms with E-state index in [2.05, 4.69) is 33.5 Å². The summed E-state index contributed by atoms with van der Waals surface area (Å²) in [5, 5.41) is 17.5. The molecule has 1 saturated heterocycles. The Balaban J connectivity index is 1.71. The van der Waals surface area contributed by atoms with Gasteiger partial charge in [0, 0.05) is 12.6 Å². The molecular weight excluding hydrogens is 304 g/mol. The van der Waals surface area contributed by atoms with E-state index >= 15 is 0 Å². The van der Waals surface area contributed by atoms with Gasteiger partial charge in [0.15, 0.2) is 0 Å². The fourth-order valence-electron chi connectivity index (χ4n) is 3.41. The molecule has 0 bridgehead atoms. The Morgan fingerprint density at radius 2 is 2.25 bits per heavy atom. The highest BCUT2D eigenvalue weighted by atomic mass is 16.4. The summed E-state index contributed by atoms with van der Waals surface area (Å²) in [6.45, 7) is 7.01. The van der Waals surface area contributed by atoms with Gasteiger partial charge in [0.05, 0.1) is 12.1 Å². The predicted molar refractivity (Wildman–Crippen MR) is 91.1 cm³/mol. The Labute approximate surface area is 142 Å². The number of likely N-dealkylation sites (tertiary alicyclic amines) is 1. The van der Waals surface area contributed by atoms with Crippen LogP contribution in [0.5, 0.6) is 0 Å². The first-order valence-electron chi connectivity index (χ1n) is 8.48. The standard InChI is InChI=1S/C18H24N4O2/c1-13(2)22-12-19-20-17(22)11-21-8-4-7-16(10-21)14-5-3-6-15(9-14)18(23)24/h3,5-6,9,12-13,16H,4,7-8,10-11H2,1-2H3,(H,23,24)/t16-/m0/s1. The number of carboxylic acids is 1. The molecule has 6 heteroatoms. The average molecular weight is 328 g/mol. The van der Waals surface area contributed by atoms with Gasteiger partial charge in [0.1, 0.15) is 12.2 Å². The van der Waals surface area contributed by atoms with Gasteiger partial charge in [-0.15, -0.1) is 10.2 Å². The van der Waals surface area contributed by atoms with Gasteiger partial charge in [-0.2, -0.15) is 0 Å². The molecule has 1 aromatic heterocycles. The number of carbonyl (C=O) groups is 1. The summed E-state index contributed by atoms with van der Waals surface area (Å²) >= 11 is 0. The van der Waals surface area contributed by atoms with Crippen LogP contribution in [0.4, 0.5) is 0 Å². The SMILES string of the molecule is CC(C)n1cnnc1CN1CCC[C@H](c2cccc(C(=O)O)c2)C1. The highest BCUT2D eigenvalue weighted by molar-refractivity contribution is 5.87. The van der Waals surface area contributed by atoms with Crippen molar-refractivity contribution in [2.75, 3.05) is 13.1 Å². The van der Waals surface area contributed by atoms with Gasteiger partial charge < -0.3 is 9.67 Å². The van der Waals surface area contributed by atoms with Gasteiger partial charge in [-0.05, 0) is 56.8 Å². The van der Waals surface area contributed by atoms with E-state index in [1.54, 1.807) is 12.4 Å². The van der Waals surface area contributed by atoms with Crippen molar-refractivity contribution < 1.29 is 9.90 Å². The molecule has 1 atom stereocenters. The van der Waals surface area contributed by atoms with Crippen molar-refractivity contribution in [3.8, 4) is 0 Å². The zero-order chi connectivity index (χ0) is 17.1. The van der Waals surface area contributed by atoms with Crippen molar-refractivity contribution in [3.63, 3.8) is 0 Å². The molecule has 0 saturated carbocycles. The van der Waals surface area contributed by atoms with Crippen molar-refractivity contribution in [1.82, 2.24) is 19.7 Å². The van der Waals surface area contributed by atoms with Crippen LogP contribution in [0.25, 0.3) is 0 Å². The molecule has 24 heavy (non-hydrogen) atoms. The van der Waals surface area contributed by atoms with Gasteiger partial charge in [0.2, 0.25) is 0 Å². The van der Waals surface area contributed by atoms with Crippen LogP contribution in [0.15, 0.2) is 30.6 Å². The van der Waals surface area contributed by atoms with E-state index in [9.17, 15) is 9.90 Å². The minimum atomic E-state index is -0.866. The van der Waals surface area contributed by atoms with Crippen LogP contribution in [-0.2, 0) is 6.54 Å². The predicted octanol–water partition coefficient (Wildman–Crippen LogP) is 2.94. The fraction of sp³-hybridized carbons (Fsp3) is 0.500. The van der Waals surface area contributed by atoms with Gasteiger partial charge in [-0.3, -0.25) is 4.90 Å². The van der Waals surface area contributed by atoms with Gasteiger partial charge in [0.25, 0.3) is 0 Å². The third kappa shape index (κ3) is 3.64. The van der Waals surface area contributed by atoms with Gasteiger partial charge in [-0.1, -0.05) is 12.1 Å². The number of aromatic carboxylic acids is 1. The highest BCUT2D eigenvalue weighted by Crippen LogP contribution is 2.28. The average Bonchev–Trinajstić information content (AvgIpc) is 3.03. The quantitative estimate of drug-likeness (QED) is 0.914. The van der Waals surface area contributed by atoms with E-state index in [-0.39, 0.29) is 0 Å². The first-order valence-corrected chi connectivity index (χ1v) is 8.48. The van der Waals surface area contributed by atoms with Crippen molar-refractivity contribution in [2.24, 2.45) is 0 Å². The largest absolute Gasteiger partial charge is 0.478 e. The van der Waals surface area contributed by atoms with Crippen LogP contribution >= 0.6 is 0 Å². The third-order valence-corrected chi connectivity index (χ3v) is 4.68. The molecule has 1 aliphatic heterocycles. The van der Waals surface area contributed by atoms with E-state index in [1.165, 1.54) is 0 Å². The smallest absolute Gasteiger partial charge is 0.335 e. The molecule has 3 rings (SSSR count). The first-order chi connectivity index (χ1) is 11.5. The van der Waals surface area contributed by atoms with E-state index in [1.807, 2.05) is 18.2 Å². The molecule has 1 N–H and O–H groups in total. The van der Waals surface area contributed by atoms with Gasteiger partial charge >= 0.3 is 5.97 Å². The molecule has 2 aromatic rings.